The summed E-state index contributed by atoms with van der Waals surface area (Å²) in [5.74, 6) is 1.55. The largest absolute Gasteiger partial charge is 0.344 e. The van der Waals surface area contributed by atoms with Crippen molar-refractivity contribution in [3.63, 3.8) is 0 Å². The summed E-state index contributed by atoms with van der Waals surface area (Å²) in [5.41, 5.74) is 3.56. The molecule has 2 aromatic rings. The van der Waals surface area contributed by atoms with E-state index < -0.39 is 0 Å². The third kappa shape index (κ3) is 2.43. The molecule has 2 N–H and O–H groups in total. The normalized spacial score (nSPS) is 19.2. The van der Waals surface area contributed by atoms with Gasteiger partial charge in [-0.05, 0) is 25.3 Å². The molecule has 0 spiro atoms. The maximum atomic E-state index is 4.87. The van der Waals surface area contributed by atoms with E-state index in [0.29, 0.717) is 12.0 Å². The first-order valence-corrected chi connectivity index (χ1v) is 7.14. The number of hydrogen-bond acceptors (Lipinski definition) is 2. The van der Waals surface area contributed by atoms with E-state index in [1.807, 2.05) is 6.07 Å². The molecule has 0 saturated carbocycles. The standard InChI is InChI=1S/C16H21N3/c1-11(2)14-15(12-7-4-3-5-8-12)19-16(18-14)13-9-6-10-17-13/h3-5,7-8,11,13,17H,6,9-10H2,1-2H3,(H,18,19)/t13-/m1/s1. The van der Waals surface area contributed by atoms with Crippen molar-refractivity contribution < 1.29 is 0 Å². The van der Waals surface area contributed by atoms with Gasteiger partial charge in [-0.1, -0.05) is 44.2 Å². The smallest absolute Gasteiger partial charge is 0.124 e. The number of benzene rings is 1. The van der Waals surface area contributed by atoms with Gasteiger partial charge < -0.3 is 10.3 Å². The molecule has 1 atom stereocenters. The maximum absolute atomic E-state index is 4.87. The van der Waals surface area contributed by atoms with E-state index in [-0.39, 0.29) is 0 Å². The first kappa shape index (κ1) is 12.4. The van der Waals surface area contributed by atoms with Gasteiger partial charge in [0.05, 0.1) is 11.7 Å². The average molecular weight is 255 g/mol. The lowest BCUT2D eigenvalue weighted by molar-refractivity contribution is 0.609. The van der Waals surface area contributed by atoms with Gasteiger partial charge in [-0.15, -0.1) is 0 Å². The van der Waals surface area contributed by atoms with Crippen LogP contribution in [-0.2, 0) is 0 Å². The van der Waals surface area contributed by atoms with E-state index in [1.54, 1.807) is 0 Å². The van der Waals surface area contributed by atoms with Crippen LogP contribution in [0.2, 0.25) is 0 Å². The zero-order chi connectivity index (χ0) is 13.2. The predicted octanol–water partition coefficient (Wildman–Crippen LogP) is 3.62. The molecule has 1 aromatic heterocycles. The van der Waals surface area contributed by atoms with Crippen LogP contribution in [0, 0.1) is 0 Å². The van der Waals surface area contributed by atoms with Gasteiger partial charge in [-0.3, -0.25) is 0 Å². The van der Waals surface area contributed by atoms with Gasteiger partial charge in [0.2, 0.25) is 0 Å². The first-order valence-electron chi connectivity index (χ1n) is 7.14. The van der Waals surface area contributed by atoms with E-state index in [9.17, 15) is 0 Å². The molecule has 1 fully saturated rings. The number of nitrogens with zero attached hydrogens (tertiary/aromatic N) is 1. The molecular formula is C16H21N3. The van der Waals surface area contributed by atoms with Gasteiger partial charge in [0.1, 0.15) is 5.82 Å². The van der Waals surface area contributed by atoms with Crippen molar-refractivity contribution in [1.82, 2.24) is 15.3 Å². The lowest BCUT2D eigenvalue weighted by Crippen LogP contribution is -2.14. The van der Waals surface area contributed by atoms with Gasteiger partial charge in [-0.2, -0.15) is 0 Å². The Labute approximate surface area is 114 Å². The number of aromatic nitrogens is 2. The molecule has 3 rings (SSSR count). The second kappa shape index (κ2) is 5.17. The number of hydrogen-bond donors (Lipinski definition) is 2. The molecule has 3 nitrogen and oxygen atoms in total. The molecule has 19 heavy (non-hydrogen) atoms. The lowest BCUT2D eigenvalue weighted by Gasteiger charge is -2.06. The minimum absolute atomic E-state index is 0.398. The Morgan fingerprint density at radius 3 is 2.63 bits per heavy atom. The molecule has 0 unspecified atom stereocenters. The molecule has 0 bridgehead atoms. The van der Waals surface area contributed by atoms with E-state index >= 15 is 0 Å². The topological polar surface area (TPSA) is 40.7 Å². The van der Waals surface area contributed by atoms with E-state index in [0.717, 1.165) is 18.1 Å². The van der Waals surface area contributed by atoms with Crippen LogP contribution in [-0.4, -0.2) is 16.5 Å². The molecule has 0 amide bonds. The Bertz CT molecular complexity index is 536. The maximum Gasteiger partial charge on any atom is 0.124 e. The zero-order valence-corrected chi connectivity index (χ0v) is 11.6. The highest BCUT2D eigenvalue weighted by atomic mass is 15.0. The van der Waals surface area contributed by atoms with Crippen LogP contribution in [0.4, 0.5) is 0 Å². The van der Waals surface area contributed by atoms with Gasteiger partial charge in [0, 0.05) is 11.3 Å². The van der Waals surface area contributed by atoms with Crippen LogP contribution in [0.15, 0.2) is 30.3 Å². The first-order chi connectivity index (χ1) is 9.25. The molecule has 2 heterocycles. The van der Waals surface area contributed by atoms with Crippen LogP contribution in [0.1, 0.15) is 50.2 Å². The fourth-order valence-electron chi connectivity index (χ4n) is 2.72. The lowest BCUT2D eigenvalue weighted by atomic mass is 10.0. The highest BCUT2D eigenvalue weighted by Gasteiger charge is 2.22. The van der Waals surface area contributed by atoms with Crippen LogP contribution < -0.4 is 5.32 Å². The van der Waals surface area contributed by atoms with Crippen molar-refractivity contribution in [2.24, 2.45) is 0 Å². The Morgan fingerprint density at radius 1 is 1.21 bits per heavy atom. The summed E-state index contributed by atoms with van der Waals surface area (Å²) in [4.78, 5) is 8.41. The average Bonchev–Trinajstić information content (AvgIpc) is 3.08. The quantitative estimate of drug-likeness (QED) is 0.879. The number of H-pyrrole nitrogens is 1. The molecule has 0 aliphatic carbocycles. The number of aromatic amines is 1. The summed E-state index contributed by atoms with van der Waals surface area (Å²) in [5, 5.41) is 3.51. The summed E-state index contributed by atoms with van der Waals surface area (Å²) in [6.45, 7) is 5.53. The van der Waals surface area contributed by atoms with Gasteiger partial charge in [0.15, 0.2) is 0 Å². The van der Waals surface area contributed by atoms with Gasteiger partial charge in [0.25, 0.3) is 0 Å². The molecule has 100 valence electrons. The molecular weight excluding hydrogens is 234 g/mol. The van der Waals surface area contributed by atoms with Crippen LogP contribution in [0.5, 0.6) is 0 Å². The summed E-state index contributed by atoms with van der Waals surface area (Å²) in [7, 11) is 0. The van der Waals surface area contributed by atoms with E-state index in [1.165, 1.54) is 24.1 Å². The van der Waals surface area contributed by atoms with Crippen LogP contribution >= 0.6 is 0 Å². The predicted molar refractivity (Wildman–Crippen MR) is 78.1 cm³/mol. The minimum Gasteiger partial charge on any atom is -0.344 e. The Balaban J connectivity index is 2.02. The van der Waals surface area contributed by atoms with E-state index in [4.69, 9.17) is 4.98 Å². The second-order valence-electron chi connectivity index (χ2n) is 5.55. The third-order valence-electron chi connectivity index (χ3n) is 3.77. The molecule has 1 aromatic carbocycles. The van der Waals surface area contributed by atoms with Crippen molar-refractivity contribution in [3.05, 3.63) is 41.9 Å². The Kier molecular flexibility index (Phi) is 3.38. The number of imidazole rings is 1. The van der Waals surface area contributed by atoms with Gasteiger partial charge in [-0.25, -0.2) is 4.98 Å². The third-order valence-corrected chi connectivity index (χ3v) is 3.77. The van der Waals surface area contributed by atoms with Crippen LogP contribution in [0.25, 0.3) is 11.3 Å². The van der Waals surface area contributed by atoms with Crippen molar-refractivity contribution >= 4 is 0 Å². The van der Waals surface area contributed by atoms with Crippen molar-refractivity contribution in [2.75, 3.05) is 6.54 Å². The molecule has 3 heteroatoms. The van der Waals surface area contributed by atoms with Crippen molar-refractivity contribution in [2.45, 2.75) is 38.6 Å². The summed E-state index contributed by atoms with van der Waals surface area (Å²) in [6.07, 6.45) is 2.42. The summed E-state index contributed by atoms with van der Waals surface area (Å²) >= 11 is 0. The molecule has 0 radical (unpaired) electrons. The highest BCUT2D eigenvalue weighted by Crippen LogP contribution is 2.30. The highest BCUT2D eigenvalue weighted by molar-refractivity contribution is 5.62. The monoisotopic (exact) mass is 255 g/mol. The van der Waals surface area contributed by atoms with Gasteiger partial charge >= 0.3 is 0 Å². The Morgan fingerprint density at radius 2 is 2.00 bits per heavy atom. The van der Waals surface area contributed by atoms with Crippen molar-refractivity contribution in [3.8, 4) is 11.3 Å². The minimum atomic E-state index is 0.398. The molecule has 1 aliphatic rings. The number of nitrogens with one attached hydrogen (secondary N) is 2. The fraction of sp³-hybridized carbons (Fsp3) is 0.438. The molecule has 1 aliphatic heterocycles. The molecule has 1 saturated heterocycles. The number of rotatable bonds is 3. The SMILES string of the molecule is CC(C)c1[nH]c([C@H]2CCCN2)nc1-c1ccccc1. The second-order valence-corrected chi connectivity index (χ2v) is 5.55. The van der Waals surface area contributed by atoms with Crippen LogP contribution in [0.3, 0.4) is 0 Å². The fourth-order valence-corrected chi connectivity index (χ4v) is 2.72. The zero-order valence-electron chi connectivity index (χ0n) is 11.6. The summed E-state index contributed by atoms with van der Waals surface area (Å²) < 4.78 is 0. The Hall–Kier alpha value is -1.61. The van der Waals surface area contributed by atoms with Crippen molar-refractivity contribution in [1.29, 1.82) is 0 Å². The van der Waals surface area contributed by atoms with E-state index in [2.05, 4.69) is 48.4 Å². The summed E-state index contributed by atoms with van der Waals surface area (Å²) in [6, 6.07) is 10.9.